The van der Waals surface area contributed by atoms with Crippen LogP contribution in [0.25, 0.3) is 0 Å². The summed E-state index contributed by atoms with van der Waals surface area (Å²) in [6.07, 6.45) is 3.05. The normalized spacial score (nSPS) is 15.2. The Morgan fingerprint density at radius 3 is 2.40 bits per heavy atom. The number of rotatable bonds is 10. The van der Waals surface area contributed by atoms with Crippen molar-refractivity contribution in [2.75, 3.05) is 6.61 Å². The molecule has 0 aromatic rings. The van der Waals surface area contributed by atoms with Gasteiger partial charge in [-0.1, -0.05) is 27.2 Å². The van der Waals surface area contributed by atoms with E-state index >= 15 is 0 Å². The van der Waals surface area contributed by atoms with Gasteiger partial charge in [0.05, 0.1) is 6.61 Å². The van der Waals surface area contributed by atoms with Gasteiger partial charge in [-0.2, -0.15) is 0 Å². The van der Waals surface area contributed by atoms with Crippen molar-refractivity contribution >= 4 is 0 Å². The molecule has 0 bridgehead atoms. The van der Waals surface area contributed by atoms with Gasteiger partial charge in [-0.15, -0.1) is 0 Å². The van der Waals surface area contributed by atoms with Crippen LogP contribution in [0, 0.1) is 0 Å². The van der Waals surface area contributed by atoms with Gasteiger partial charge in [-0.25, -0.2) is 9.78 Å². The molecule has 4 nitrogen and oxygen atoms in total. The van der Waals surface area contributed by atoms with Crippen molar-refractivity contribution in [2.45, 2.75) is 65.5 Å². The quantitative estimate of drug-likeness (QED) is 0.266. The van der Waals surface area contributed by atoms with Crippen molar-refractivity contribution in [3.63, 3.8) is 0 Å². The molecule has 15 heavy (non-hydrogen) atoms. The van der Waals surface area contributed by atoms with E-state index in [1.165, 1.54) is 0 Å². The molecule has 4 heteroatoms. The molecule has 0 aromatic heterocycles. The van der Waals surface area contributed by atoms with Crippen molar-refractivity contribution in [1.82, 2.24) is 0 Å². The minimum absolute atomic E-state index is 0.452. The van der Waals surface area contributed by atoms with Crippen LogP contribution in [-0.4, -0.2) is 24.3 Å². The summed E-state index contributed by atoms with van der Waals surface area (Å²) in [5.74, 6) is 0. The Kier molecular flexibility index (Phi) is 10.3. The first-order valence-corrected chi connectivity index (χ1v) is 5.86. The molecule has 0 aliphatic carbocycles. The lowest BCUT2D eigenvalue weighted by molar-refractivity contribution is -0.397. The van der Waals surface area contributed by atoms with Crippen molar-refractivity contribution in [3.8, 4) is 0 Å². The zero-order valence-electron chi connectivity index (χ0n) is 10.1. The third kappa shape index (κ3) is 8.81. The Labute approximate surface area is 92.5 Å². The van der Waals surface area contributed by atoms with E-state index in [1.807, 2.05) is 13.8 Å². The molecular weight excluding hydrogens is 196 g/mol. The largest absolute Gasteiger partial charge is 0.368 e. The smallest absolute Gasteiger partial charge is 0.194 e. The summed E-state index contributed by atoms with van der Waals surface area (Å²) in [6.45, 7) is 6.51. The number of ether oxygens (including phenoxy) is 1. The van der Waals surface area contributed by atoms with Crippen molar-refractivity contribution in [3.05, 3.63) is 0 Å². The molecule has 1 N–H and O–H groups in total. The van der Waals surface area contributed by atoms with Gasteiger partial charge in [0, 0.05) is 6.42 Å². The van der Waals surface area contributed by atoms with E-state index in [4.69, 9.17) is 14.5 Å². The first-order valence-electron chi connectivity index (χ1n) is 5.86. The first kappa shape index (κ1) is 14.8. The van der Waals surface area contributed by atoms with Gasteiger partial charge in [0.15, 0.2) is 12.6 Å². The van der Waals surface area contributed by atoms with Gasteiger partial charge in [-0.3, -0.25) is 0 Å². The molecule has 0 fully saturated rings. The number of unbranched alkanes of at least 4 members (excludes halogenated alkanes) is 1. The van der Waals surface area contributed by atoms with Crippen LogP contribution in [0.5, 0.6) is 0 Å². The van der Waals surface area contributed by atoms with E-state index in [0.717, 1.165) is 25.7 Å². The number of aliphatic hydroxyl groups excluding tert-OH is 1. The maximum atomic E-state index is 9.33. The topological polar surface area (TPSA) is 47.9 Å². The third-order valence-corrected chi connectivity index (χ3v) is 1.91. The second-order valence-corrected chi connectivity index (χ2v) is 3.49. The van der Waals surface area contributed by atoms with E-state index in [1.54, 1.807) is 0 Å². The molecule has 0 saturated heterocycles. The summed E-state index contributed by atoms with van der Waals surface area (Å²) >= 11 is 0. The fourth-order valence-electron chi connectivity index (χ4n) is 0.988. The summed E-state index contributed by atoms with van der Waals surface area (Å²) in [7, 11) is 0. The molecule has 0 saturated carbocycles. The molecule has 0 aliphatic heterocycles. The molecule has 0 heterocycles. The Morgan fingerprint density at radius 2 is 1.87 bits per heavy atom. The van der Waals surface area contributed by atoms with Crippen LogP contribution in [0.1, 0.15) is 52.9 Å². The highest BCUT2D eigenvalue weighted by Crippen LogP contribution is 2.10. The lowest BCUT2D eigenvalue weighted by Crippen LogP contribution is -2.24. The zero-order valence-corrected chi connectivity index (χ0v) is 10.1. The molecule has 0 aliphatic rings. The summed E-state index contributed by atoms with van der Waals surface area (Å²) in [6, 6.07) is 0. The maximum absolute atomic E-state index is 9.33. The highest BCUT2D eigenvalue weighted by Gasteiger charge is 2.14. The molecule has 2 atom stereocenters. The molecule has 0 rings (SSSR count). The maximum Gasteiger partial charge on any atom is 0.194 e. The predicted molar refractivity (Wildman–Crippen MR) is 58.0 cm³/mol. The molecule has 0 radical (unpaired) electrons. The lowest BCUT2D eigenvalue weighted by atomic mass is 10.2. The minimum atomic E-state index is -0.767. The first-order chi connectivity index (χ1) is 7.24. The van der Waals surface area contributed by atoms with Gasteiger partial charge in [0.25, 0.3) is 0 Å². The van der Waals surface area contributed by atoms with Crippen molar-refractivity contribution in [2.24, 2.45) is 0 Å². The Morgan fingerprint density at radius 1 is 1.13 bits per heavy atom. The Hall–Kier alpha value is -0.160. The molecular formula is C11H24O4. The summed E-state index contributed by atoms with van der Waals surface area (Å²) < 4.78 is 5.26. The van der Waals surface area contributed by atoms with E-state index in [9.17, 15) is 5.11 Å². The van der Waals surface area contributed by atoms with Crippen molar-refractivity contribution < 1.29 is 19.6 Å². The molecule has 0 aromatic carbocycles. The highest BCUT2D eigenvalue weighted by molar-refractivity contribution is 4.45. The van der Waals surface area contributed by atoms with Crippen LogP contribution >= 0.6 is 0 Å². The molecule has 92 valence electrons. The van der Waals surface area contributed by atoms with Crippen LogP contribution < -0.4 is 0 Å². The summed E-state index contributed by atoms with van der Waals surface area (Å²) in [4.78, 5) is 10.0. The van der Waals surface area contributed by atoms with Gasteiger partial charge < -0.3 is 9.84 Å². The Balaban J connectivity index is 3.72. The zero-order chi connectivity index (χ0) is 11.5. The highest BCUT2D eigenvalue weighted by atomic mass is 17.2. The Bertz CT molecular complexity index is 130. The van der Waals surface area contributed by atoms with E-state index in [-0.39, 0.29) is 0 Å². The SMILES string of the molecule is CCCCC(OOCCC)OC(O)CC. The molecule has 2 unspecified atom stereocenters. The van der Waals surface area contributed by atoms with Gasteiger partial charge in [0.2, 0.25) is 0 Å². The van der Waals surface area contributed by atoms with Crippen molar-refractivity contribution in [1.29, 1.82) is 0 Å². The predicted octanol–water partition coefficient (Wildman–Crippen LogP) is 2.61. The number of hydrogen-bond acceptors (Lipinski definition) is 4. The summed E-state index contributed by atoms with van der Waals surface area (Å²) in [5.41, 5.74) is 0. The second-order valence-electron chi connectivity index (χ2n) is 3.49. The van der Waals surface area contributed by atoms with Crippen LogP contribution in [0.15, 0.2) is 0 Å². The lowest BCUT2D eigenvalue weighted by Gasteiger charge is -2.19. The van der Waals surface area contributed by atoms with Crippen LogP contribution in [0.2, 0.25) is 0 Å². The van der Waals surface area contributed by atoms with Crippen LogP contribution in [0.4, 0.5) is 0 Å². The van der Waals surface area contributed by atoms with Crippen LogP contribution in [0.3, 0.4) is 0 Å². The van der Waals surface area contributed by atoms with E-state index < -0.39 is 12.6 Å². The van der Waals surface area contributed by atoms with Gasteiger partial charge in [-0.05, 0) is 19.3 Å². The second kappa shape index (κ2) is 10.4. The standard InChI is InChI=1S/C11H24O4/c1-4-7-8-11(14-10(12)6-3)15-13-9-5-2/h10-12H,4-9H2,1-3H3. The van der Waals surface area contributed by atoms with E-state index in [0.29, 0.717) is 13.0 Å². The average Bonchev–Trinajstić information content (AvgIpc) is 2.25. The minimum Gasteiger partial charge on any atom is -0.368 e. The van der Waals surface area contributed by atoms with Crippen LogP contribution in [-0.2, 0) is 14.5 Å². The number of aliphatic hydroxyl groups is 1. The average molecular weight is 220 g/mol. The fraction of sp³-hybridized carbons (Fsp3) is 1.00. The fourth-order valence-corrected chi connectivity index (χ4v) is 0.988. The molecule has 0 spiro atoms. The van der Waals surface area contributed by atoms with E-state index in [2.05, 4.69) is 6.92 Å². The van der Waals surface area contributed by atoms with Gasteiger partial charge in [0.1, 0.15) is 0 Å². The van der Waals surface area contributed by atoms with Gasteiger partial charge >= 0.3 is 0 Å². The third-order valence-electron chi connectivity index (χ3n) is 1.91. The monoisotopic (exact) mass is 220 g/mol. The molecule has 0 amide bonds. The summed E-state index contributed by atoms with van der Waals surface area (Å²) in [5, 5.41) is 9.33. The number of hydrogen-bond donors (Lipinski definition) is 1.